The first-order chi connectivity index (χ1) is 17.7. The molecule has 0 aliphatic rings. The number of ketones is 1. The molecule has 0 bridgehead atoms. The van der Waals surface area contributed by atoms with Crippen LogP contribution in [0.25, 0.3) is 10.9 Å². The Hall–Kier alpha value is -2.78. The van der Waals surface area contributed by atoms with Crippen LogP contribution in [-0.4, -0.2) is 32.3 Å². The molecule has 4 rings (SSSR count). The maximum atomic E-state index is 12.8. The minimum Gasteiger partial charge on any atom is -0.430 e. The minimum atomic E-state index is -1.38. The molecule has 1 unspecified atom stereocenters. The molecule has 0 saturated carbocycles. The molecule has 37 heavy (non-hydrogen) atoms. The van der Waals surface area contributed by atoms with Gasteiger partial charge in [0.15, 0.2) is 11.6 Å². The van der Waals surface area contributed by atoms with Crippen LogP contribution < -0.4 is 5.73 Å². The van der Waals surface area contributed by atoms with Crippen LogP contribution in [0.3, 0.4) is 0 Å². The summed E-state index contributed by atoms with van der Waals surface area (Å²) >= 11 is 19.8. The van der Waals surface area contributed by atoms with E-state index in [1.807, 2.05) is 48.7 Å². The number of rotatable bonds is 9. The Morgan fingerprint density at radius 1 is 1.11 bits per heavy atom. The zero-order chi connectivity index (χ0) is 26.7. The van der Waals surface area contributed by atoms with E-state index in [0.29, 0.717) is 15.7 Å². The van der Waals surface area contributed by atoms with E-state index in [1.165, 1.54) is 11.8 Å². The maximum absolute atomic E-state index is 12.8. The Kier molecular flexibility index (Phi) is 8.64. The Balaban J connectivity index is 1.91. The third-order valence-corrected chi connectivity index (χ3v) is 7.25. The highest BCUT2D eigenvalue weighted by Crippen LogP contribution is 2.39. The van der Waals surface area contributed by atoms with Gasteiger partial charge in [-0.05, 0) is 41.8 Å². The number of alkyl halides is 1. The monoisotopic (exact) mass is 576 g/mol. The fourth-order valence-electron chi connectivity index (χ4n) is 3.84. The molecule has 0 aliphatic heterocycles. The lowest BCUT2D eigenvalue weighted by Gasteiger charge is -2.18. The Labute approximate surface area is 233 Å². The van der Waals surface area contributed by atoms with Crippen molar-refractivity contribution in [2.45, 2.75) is 42.3 Å². The van der Waals surface area contributed by atoms with Crippen molar-refractivity contribution in [3.05, 3.63) is 81.9 Å². The topological polar surface area (TPSA) is 100 Å². The highest BCUT2D eigenvalue weighted by atomic mass is 35.5. The maximum Gasteiger partial charge on any atom is 0.405 e. The molecule has 11 heteroatoms. The molecule has 4 aromatic rings. The number of aromatic nitrogens is 3. The summed E-state index contributed by atoms with van der Waals surface area (Å²) in [5, 5.41) is 2.66. The molecular weight excluding hydrogens is 555 g/mol. The summed E-state index contributed by atoms with van der Waals surface area (Å²) in [6, 6.07) is 15.0. The molecule has 2 heterocycles. The number of primary amides is 1. The molecule has 0 spiro atoms. The second-order valence-electron chi connectivity index (χ2n) is 8.56. The fraction of sp³-hybridized carbons (Fsp3) is 0.231. The van der Waals surface area contributed by atoms with Crippen molar-refractivity contribution in [3.63, 3.8) is 0 Å². The molecule has 0 saturated heterocycles. The van der Waals surface area contributed by atoms with Gasteiger partial charge in [-0.3, -0.25) is 9.78 Å². The number of imidazole rings is 1. The smallest absolute Gasteiger partial charge is 0.405 e. The number of Topliss-reactive ketones (excluding diaryl/α,β-unsaturated/α-hetero) is 1. The largest absolute Gasteiger partial charge is 0.430 e. The Morgan fingerprint density at radius 2 is 1.81 bits per heavy atom. The van der Waals surface area contributed by atoms with Crippen LogP contribution in [0.15, 0.2) is 64.6 Å². The molecule has 2 aromatic heterocycles. The molecular formula is C26H23Cl3N4O3S. The number of carbonyl (C=O) groups excluding carboxylic acids is 2. The number of pyridine rings is 1. The average molecular weight is 578 g/mol. The number of fused-ring (bicyclic) bond motifs is 1. The van der Waals surface area contributed by atoms with Crippen molar-refractivity contribution in [3.8, 4) is 0 Å². The number of carbonyl (C=O) groups is 2. The number of nitrogens with zero attached hydrogens (tertiary/aromatic N) is 3. The summed E-state index contributed by atoms with van der Waals surface area (Å²) in [4.78, 5) is 34.6. The van der Waals surface area contributed by atoms with Crippen molar-refractivity contribution >= 4 is 69.3 Å². The SMILES string of the molecule is CC(C)c1nc(C(OC(N)=O)C(=O)CCl)n(Cc2cnc3ccccc3c2)c1Sc1cc(Cl)cc(Cl)c1. The van der Waals surface area contributed by atoms with Gasteiger partial charge < -0.3 is 15.0 Å². The van der Waals surface area contributed by atoms with Gasteiger partial charge in [0.2, 0.25) is 6.10 Å². The van der Waals surface area contributed by atoms with Crippen molar-refractivity contribution in [2.24, 2.45) is 5.73 Å². The van der Waals surface area contributed by atoms with Gasteiger partial charge in [-0.2, -0.15) is 0 Å². The van der Waals surface area contributed by atoms with Crippen molar-refractivity contribution in [2.75, 3.05) is 5.88 Å². The summed E-state index contributed by atoms with van der Waals surface area (Å²) in [5.74, 6) is -0.740. The molecule has 0 radical (unpaired) electrons. The molecule has 1 amide bonds. The Morgan fingerprint density at radius 3 is 2.46 bits per heavy atom. The average Bonchev–Trinajstić information content (AvgIpc) is 3.18. The number of nitrogens with two attached hydrogens (primary N) is 1. The number of hydrogen-bond acceptors (Lipinski definition) is 6. The summed E-state index contributed by atoms with van der Waals surface area (Å²) in [6.07, 6.45) is -0.718. The van der Waals surface area contributed by atoms with Gasteiger partial charge in [0.1, 0.15) is 5.03 Å². The molecule has 7 nitrogen and oxygen atoms in total. The van der Waals surface area contributed by atoms with Crippen molar-refractivity contribution in [1.29, 1.82) is 0 Å². The van der Waals surface area contributed by atoms with Crippen molar-refractivity contribution < 1.29 is 14.3 Å². The van der Waals surface area contributed by atoms with Crippen LogP contribution in [0.2, 0.25) is 10.0 Å². The van der Waals surface area contributed by atoms with Crippen LogP contribution in [0.5, 0.6) is 0 Å². The van der Waals surface area contributed by atoms with Gasteiger partial charge in [0.25, 0.3) is 0 Å². The number of benzene rings is 2. The summed E-state index contributed by atoms with van der Waals surface area (Å²) < 4.78 is 7.06. The lowest BCUT2D eigenvalue weighted by Crippen LogP contribution is -2.27. The Bertz CT molecular complexity index is 1450. The van der Waals surface area contributed by atoms with Crippen LogP contribution >= 0.6 is 46.6 Å². The number of amides is 1. The summed E-state index contributed by atoms with van der Waals surface area (Å²) in [5.41, 5.74) is 7.72. The molecule has 0 fully saturated rings. The van der Waals surface area contributed by atoms with Gasteiger partial charge in [0.05, 0.1) is 23.6 Å². The molecule has 192 valence electrons. The van der Waals surface area contributed by atoms with Gasteiger partial charge in [-0.15, -0.1) is 11.6 Å². The van der Waals surface area contributed by atoms with Crippen LogP contribution in [0.4, 0.5) is 4.79 Å². The number of hydrogen-bond donors (Lipinski definition) is 1. The number of halogens is 3. The molecule has 2 N–H and O–H groups in total. The lowest BCUT2D eigenvalue weighted by molar-refractivity contribution is -0.125. The molecule has 1 atom stereocenters. The first-order valence-electron chi connectivity index (χ1n) is 11.3. The van der Waals surface area contributed by atoms with Gasteiger partial charge in [-0.1, -0.05) is 67.0 Å². The zero-order valence-corrected chi connectivity index (χ0v) is 23.0. The van der Waals surface area contributed by atoms with E-state index in [2.05, 4.69) is 4.98 Å². The van der Waals surface area contributed by atoms with E-state index in [0.717, 1.165) is 26.4 Å². The fourth-order valence-corrected chi connectivity index (χ4v) is 5.89. The minimum absolute atomic E-state index is 0.0350. The van der Waals surface area contributed by atoms with E-state index in [9.17, 15) is 9.59 Å². The quantitative estimate of drug-likeness (QED) is 0.215. The van der Waals surface area contributed by atoms with Crippen LogP contribution in [-0.2, 0) is 16.1 Å². The first-order valence-corrected chi connectivity index (χ1v) is 13.4. The second-order valence-corrected chi connectivity index (χ2v) is 10.8. The van der Waals surface area contributed by atoms with Crippen LogP contribution in [0.1, 0.15) is 43.0 Å². The highest BCUT2D eigenvalue weighted by Gasteiger charge is 2.32. The molecule has 2 aromatic carbocycles. The van der Waals surface area contributed by atoms with Gasteiger partial charge in [-0.25, -0.2) is 9.78 Å². The number of ether oxygens (including phenoxy) is 1. The number of para-hydroxylation sites is 1. The standard InChI is InChI=1S/C26H23Cl3N4O3S/c1-14(2)22-25(37-19-9-17(28)8-18(29)10-19)33(24(32-22)23(21(34)11-27)36-26(30)35)13-15-7-16-5-3-4-6-20(16)31-12-15/h3-10,12,14,23H,11,13H2,1-2H3,(H2,30,35). The van der Waals surface area contributed by atoms with Gasteiger partial charge >= 0.3 is 6.09 Å². The van der Waals surface area contributed by atoms with E-state index >= 15 is 0 Å². The lowest BCUT2D eigenvalue weighted by atomic mass is 10.1. The first kappa shape index (κ1) is 27.3. The zero-order valence-electron chi connectivity index (χ0n) is 20.0. The highest BCUT2D eigenvalue weighted by molar-refractivity contribution is 7.99. The third-order valence-electron chi connectivity index (χ3n) is 5.45. The normalized spacial score (nSPS) is 12.2. The third kappa shape index (κ3) is 6.38. The van der Waals surface area contributed by atoms with Crippen molar-refractivity contribution in [1.82, 2.24) is 14.5 Å². The second kappa shape index (κ2) is 11.7. The summed E-state index contributed by atoms with van der Waals surface area (Å²) in [6.45, 7) is 4.25. The van der Waals surface area contributed by atoms with E-state index in [-0.39, 0.29) is 24.2 Å². The summed E-state index contributed by atoms with van der Waals surface area (Å²) in [7, 11) is 0. The predicted octanol–water partition coefficient (Wildman–Crippen LogP) is 7.01. The predicted molar refractivity (Wildman–Crippen MR) is 147 cm³/mol. The van der Waals surface area contributed by atoms with Crippen LogP contribution in [0, 0.1) is 0 Å². The van der Waals surface area contributed by atoms with Gasteiger partial charge in [0, 0.05) is 26.5 Å². The van der Waals surface area contributed by atoms with E-state index in [1.54, 1.807) is 24.4 Å². The molecule has 0 aliphatic carbocycles. The van der Waals surface area contributed by atoms with E-state index < -0.39 is 18.0 Å². The van der Waals surface area contributed by atoms with E-state index in [4.69, 9.17) is 50.3 Å².